The number of hydrogen-bond donors (Lipinski definition) is 1. The Morgan fingerprint density at radius 1 is 1.45 bits per heavy atom. The van der Waals surface area contributed by atoms with Gasteiger partial charge in [-0.2, -0.15) is 4.37 Å². The topological polar surface area (TPSA) is 79.5 Å². The van der Waals surface area contributed by atoms with E-state index in [0.29, 0.717) is 11.0 Å². The molecule has 1 aliphatic rings. The molecular weight excluding hydrogens is 296 g/mol. The Kier molecular flexibility index (Phi) is 4.55. The summed E-state index contributed by atoms with van der Waals surface area (Å²) < 4.78 is 28.0. The van der Waals surface area contributed by atoms with Crippen LogP contribution in [-0.2, 0) is 9.84 Å². The van der Waals surface area contributed by atoms with Gasteiger partial charge in [-0.1, -0.05) is 6.92 Å². The van der Waals surface area contributed by atoms with Gasteiger partial charge in [0.2, 0.25) is 0 Å². The Labute approximate surface area is 124 Å². The third-order valence-electron chi connectivity index (χ3n) is 3.66. The summed E-state index contributed by atoms with van der Waals surface area (Å²) in [6.45, 7) is 4.92. The highest BCUT2D eigenvalue weighted by Gasteiger charge is 2.30. The monoisotopic (exact) mass is 318 g/mol. The largest absolute Gasteiger partial charge is 0.382 e. The summed E-state index contributed by atoms with van der Waals surface area (Å²) in [6, 6.07) is 0.294. The average Bonchev–Trinajstić information content (AvgIpc) is 2.63. The van der Waals surface area contributed by atoms with Gasteiger partial charge in [-0.15, -0.1) is 0 Å². The summed E-state index contributed by atoms with van der Waals surface area (Å²) in [7, 11) is -1.26. The van der Waals surface area contributed by atoms with Gasteiger partial charge in [0.05, 0.1) is 0 Å². The summed E-state index contributed by atoms with van der Waals surface area (Å²) in [4.78, 5) is 4.66. The smallest absolute Gasteiger partial charge is 0.182 e. The van der Waals surface area contributed by atoms with Gasteiger partial charge >= 0.3 is 0 Å². The third kappa shape index (κ3) is 3.07. The molecule has 1 aromatic heterocycles. The lowest BCUT2D eigenvalue weighted by Gasteiger charge is -2.31. The standard InChI is InChI=1S/C12H22N4O2S2/c1-4-9-8-15(2)6-5-7-16(9)12-10(20(3,17)18)11(13)14-19-12/h9H,4-8H2,1-3H3,(H2,13,14). The van der Waals surface area contributed by atoms with Gasteiger partial charge in [0.15, 0.2) is 15.7 Å². The number of rotatable bonds is 3. The van der Waals surface area contributed by atoms with Crippen LogP contribution in [-0.4, -0.2) is 56.7 Å². The molecule has 0 aromatic carbocycles. The molecule has 1 fully saturated rings. The number of anilines is 2. The highest BCUT2D eigenvalue weighted by Crippen LogP contribution is 2.36. The number of hydrogen-bond acceptors (Lipinski definition) is 7. The van der Waals surface area contributed by atoms with Crippen LogP contribution in [0.3, 0.4) is 0 Å². The summed E-state index contributed by atoms with van der Waals surface area (Å²) in [5, 5.41) is 0.701. The molecule has 0 spiro atoms. The first-order chi connectivity index (χ1) is 9.34. The predicted molar refractivity (Wildman–Crippen MR) is 83.2 cm³/mol. The summed E-state index contributed by atoms with van der Waals surface area (Å²) in [5.74, 6) is 0.125. The molecule has 0 radical (unpaired) electrons. The van der Waals surface area contributed by atoms with Crippen molar-refractivity contribution in [3.63, 3.8) is 0 Å². The Morgan fingerprint density at radius 3 is 2.75 bits per heavy atom. The molecule has 114 valence electrons. The van der Waals surface area contributed by atoms with Crippen molar-refractivity contribution < 1.29 is 8.42 Å². The van der Waals surface area contributed by atoms with Crippen LogP contribution in [0, 0.1) is 0 Å². The van der Waals surface area contributed by atoms with Crippen LogP contribution in [0.25, 0.3) is 0 Å². The van der Waals surface area contributed by atoms with Crippen LogP contribution in [0.4, 0.5) is 10.8 Å². The lowest BCUT2D eigenvalue weighted by molar-refractivity contribution is 0.328. The van der Waals surface area contributed by atoms with E-state index in [2.05, 4.69) is 28.1 Å². The second kappa shape index (κ2) is 5.87. The molecule has 0 bridgehead atoms. The number of nitrogens with zero attached hydrogens (tertiary/aromatic N) is 3. The lowest BCUT2D eigenvalue weighted by Crippen LogP contribution is -2.40. The maximum atomic E-state index is 12.0. The molecule has 1 atom stereocenters. The number of nitrogens with two attached hydrogens (primary N) is 1. The van der Waals surface area contributed by atoms with E-state index in [1.807, 2.05) is 0 Å². The molecule has 1 saturated heterocycles. The Bertz CT molecular complexity index is 570. The zero-order valence-corrected chi connectivity index (χ0v) is 13.8. The minimum absolute atomic E-state index is 0.125. The van der Waals surface area contributed by atoms with E-state index in [1.54, 1.807) is 0 Å². The summed E-state index contributed by atoms with van der Waals surface area (Å²) in [6.07, 6.45) is 3.17. The normalized spacial score (nSPS) is 21.9. The number of sulfone groups is 1. The molecule has 1 aromatic rings. The van der Waals surface area contributed by atoms with E-state index < -0.39 is 9.84 Å². The van der Waals surface area contributed by atoms with Gasteiger partial charge in [0.1, 0.15) is 9.90 Å². The number of aromatic nitrogens is 1. The minimum atomic E-state index is -3.36. The summed E-state index contributed by atoms with van der Waals surface area (Å²) >= 11 is 1.19. The molecule has 0 amide bonds. The number of nitrogen functional groups attached to an aromatic ring is 1. The fourth-order valence-corrected chi connectivity index (χ4v) is 4.97. The van der Waals surface area contributed by atoms with Crippen LogP contribution in [0.5, 0.6) is 0 Å². The van der Waals surface area contributed by atoms with Gasteiger partial charge in [0, 0.05) is 25.4 Å². The van der Waals surface area contributed by atoms with Crippen LogP contribution >= 0.6 is 11.5 Å². The number of likely N-dealkylation sites (N-methyl/N-ethyl adjacent to an activating group) is 1. The fraction of sp³-hybridized carbons (Fsp3) is 0.750. The van der Waals surface area contributed by atoms with Crippen LogP contribution in [0.15, 0.2) is 4.90 Å². The van der Waals surface area contributed by atoms with Gasteiger partial charge in [-0.3, -0.25) is 0 Å². The SMILES string of the molecule is CCC1CN(C)CCCN1c1snc(N)c1S(C)(=O)=O. The van der Waals surface area contributed by atoms with Crippen molar-refractivity contribution in [1.82, 2.24) is 9.27 Å². The van der Waals surface area contributed by atoms with Crippen molar-refractivity contribution in [1.29, 1.82) is 0 Å². The molecule has 2 heterocycles. The van der Waals surface area contributed by atoms with Crippen molar-refractivity contribution >= 4 is 32.2 Å². The highest BCUT2D eigenvalue weighted by molar-refractivity contribution is 7.91. The van der Waals surface area contributed by atoms with Gasteiger partial charge in [-0.25, -0.2) is 8.42 Å². The molecule has 0 saturated carbocycles. The van der Waals surface area contributed by atoms with Crippen molar-refractivity contribution in [3.05, 3.63) is 0 Å². The highest BCUT2D eigenvalue weighted by atomic mass is 32.2. The van der Waals surface area contributed by atoms with Crippen LogP contribution in [0.1, 0.15) is 19.8 Å². The van der Waals surface area contributed by atoms with E-state index in [0.717, 1.165) is 32.5 Å². The maximum Gasteiger partial charge on any atom is 0.182 e. The van der Waals surface area contributed by atoms with Gasteiger partial charge in [0.25, 0.3) is 0 Å². The second-order valence-corrected chi connectivity index (χ2v) is 8.05. The molecule has 8 heteroatoms. The molecule has 2 rings (SSSR count). The minimum Gasteiger partial charge on any atom is -0.382 e. The van der Waals surface area contributed by atoms with Crippen molar-refractivity contribution in [2.24, 2.45) is 0 Å². The van der Waals surface area contributed by atoms with E-state index >= 15 is 0 Å². The van der Waals surface area contributed by atoms with Crippen molar-refractivity contribution in [2.45, 2.75) is 30.7 Å². The first-order valence-electron chi connectivity index (χ1n) is 6.75. The van der Waals surface area contributed by atoms with E-state index in [-0.39, 0.29) is 10.7 Å². The van der Waals surface area contributed by atoms with Crippen LogP contribution in [0.2, 0.25) is 0 Å². The summed E-state index contributed by atoms with van der Waals surface area (Å²) in [5.41, 5.74) is 5.77. The van der Waals surface area contributed by atoms with Crippen LogP contribution < -0.4 is 10.6 Å². The molecule has 1 unspecified atom stereocenters. The maximum absolute atomic E-state index is 12.0. The molecule has 20 heavy (non-hydrogen) atoms. The lowest BCUT2D eigenvalue weighted by atomic mass is 10.2. The van der Waals surface area contributed by atoms with Crippen molar-refractivity contribution in [2.75, 3.05) is 43.6 Å². The average molecular weight is 318 g/mol. The Hall–Kier alpha value is -0.860. The predicted octanol–water partition coefficient (Wildman–Crippen LogP) is 1.05. The quantitative estimate of drug-likeness (QED) is 0.897. The molecule has 0 aliphatic carbocycles. The molecule has 2 N–H and O–H groups in total. The van der Waals surface area contributed by atoms with E-state index in [4.69, 9.17) is 5.73 Å². The van der Waals surface area contributed by atoms with Gasteiger partial charge in [-0.05, 0) is 38.0 Å². The first-order valence-corrected chi connectivity index (χ1v) is 9.41. The fourth-order valence-electron chi connectivity index (χ4n) is 2.68. The van der Waals surface area contributed by atoms with Crippen molar-refractivity contribution in [3.8, 4) is 0 Å². The zero-order chi connectivity index (χ0) is 14.9. The van der Waals surface area contributed by atoms with E-state index in [1.165, 1.54) is 17.8 Å². The zero-order valence-electron chi connectivity index (χ0n) is 12.2. The Morgan fingerprint density at radius 2 is 2.15 bits per heavy atom. The molecule has 6 nitrogen and oxygen atoms in total. The first kappa shape index (κ1) is 15.5. The molecular formula is C12H22N4O2S2. The van der Waals surface area contributed by atoms with E-state index in [9.17, 15) is 8.42 Å². The van der Waals surface area contributed by atoms with Gasteiger partial charge < -0.3 is 15.5 Å². The second-order valence-electron chi connectivity index (χ2n) is 5.35. The third-order valence-corrected chi connectivity index (χ3v) is 5.84. The molecule has 1 aliphatic heterocycles. The Balaban J connectivity index is 2.44.